The first-order chi connectivity index (χ1) is 8.33. The second-order valence-corrected chi connectivity index (χ2v) is 6.73. The normalized spacial score (nSPS) is 12.1. The van der Waals surface area contributed by atoms with Gasteiger partial charge in [0.15, 0.2) is 0 Å². The minimum absolute atomic E-state index is 0.218. The van der Waals surface area contributed by atoms with E-state index in [1.165, 1.54) is 12.1 Å². The SMILES string of the molecule is CC(C)NCCNS(=O)(=O)c1ccc(Br)cc1F. The summed E-state index contributed by atoms with van der Waals surface area (Å²) in [6.07, 6.45) is 0. The van der Waals surface area contributed by atoms with Gasteiger partial charge >= 0.3 is 0 Å². The third-order valence-corrected chi connectivity index (χ3v) is 4.14. The molecule has 0 bridgehead atoms. The summed E-state index contributed by atoms with van der Waals surface area (Å²) in [5.74, 6) is -0.770. The number of halogens is 2. The zero-order chi connectivity index (χ0) is 13.8. The molecule has 102 valence electrons. The summed E-state index contributed by atoms with van der Waals surface area (Å²) in [6, 6.07) is 4.13. The number of sulfonamides is 1. The predicted octanol–water partition coefficient (Wildman–Crippen LogP) is 1.86. The Kier molecular flexibility index (Phi) is 5.71. The molecular formula is C11H16BrFN2O2S. The first-order valence-corrected chi connectivity index (χ1v) is 7.78. The third-order valence-electron chi connectivity index (χ3n) is 2.15. The van der Waals surface area contributed by atoms with Gasteiger partial charge in [-0.2, -0.15) is 0 Å². The van der Waals surface area contributed by atoms with Gasteiger partial charge in [-0.3, -0.25) is 0 Å². The van der Waals surface area contributed by atoms with E-state index in [1.54, 1.807) is 0 Å². The second kappa shape index (κ2) is 6.60. The van der Waals surface area contributed by atoms with Gasteiger partial charge in [-0.05, 0) is 18.2 Å². The Morgan fingerprint density at radius 1 is 1.33 bits per heavy atom. The minimum atomic E-state index is -3.79. The van der Waals surface area contributed by atoms with Crippen molar-refractivity contribution in [1.29, 1.82) is 0 Å². The van der Waals surface area contributed by atoms with Crippen LogP contribution in [0.25, 0.3) is 0 Å². The molecule has 0 aliphatic carbocycles. The maximum absolute atomic E-state index is 13.5. The van der Waals surface area contributed by atoms with Gasteiger partial charge in [0.25, 0.3) is 0 Å². The summed E-state index contributed by atoms with van der Waals surface area (Å²) in [6.45, 7) is 4.64. The lowest BCUT2D eigenvalue weighted by Gasteiger charge is -2.10. The van der Waals surface area contributed by atoms with Crippen molar-refractivity contribution in [3.63, 3.8) is 0 Å². The largest absolute Gasteiger partial charge is 0.313 e. The zero-order valence-corrected chi connectivity index (χ0v) is 12.6. The highest BCUT2D eigenvalue weighted by atomic mass is 79.9. The molecule has 0 saturated carbocycles. The predicted molar refractivity (Wildman–Crippen MR) is 72.4 cm³/mol. The van der Waals surface area contributed by atoms with Crippen molar-refractivity contribution in [2.24, 2.45) is 0 Å². The van der Waals surface area contributed by atoms with E-state index in [9.17, 15) is 12.8 Å². The molecule has 0 aliphatic rings. The van der Waals surface area contributed by atoms with Crippen molar-refractivity contribution in [2.45, 2.75) is 24.8 Å². The number of hydrogen-bond donors (Lipinski definition) is 2. The number of hydrogen-bond acceptors (Lipinski definition) is 3. The van der Waals surface area contributed by atoms with E-state index in [4.69, 9.17) is 0 Å². The molecule has 0 saturated heterocycles. The van der Waals surface area contributed by atoms with Crippen molar-refractivity contribution >= 4 is 26.0 Å². The Labute approximate surface area is 115 Å². The minimum Gasteiger partial charge on any atom is -0.313 e. The van der Waals surface area contributed by atoms with Gasteiger partial charge in [-0.15, -0.1) is 0 Å². The molecule has 0 atom stereocenters. The molecule has 1 aromatic carbocycles. The quantitative estimate of drug-likeness (QED) is 0.778. The molecule has 4 nitrogen and oxygen atoms in total. The van der Waals surface area contributed by atoms with E-state index in [-0.39, 0.29) is 17.5 Å². The Morgan fingerprint density at radius 2 is 2.00 bits per heavy atom. The average Bonchev–Trinajstić information content (AvgIpc) is 2.23. The molecule has 0 fully saturated rings. The highest BCUT2D eigenvalue weighted by Gasteiger charge is 2.18. The fraction of sp³-hybridized carbons (Fsp3) is 0.455. The molecule has 0 spiro atoms. The first-order valence-electron chi connectivity index (χ1n) is 5.51. The lowest BCUT2D eigenvalue weighted by atomic mass is 10.3. The van der Waals surface area contributed by atoms with Crippen molar-refractivity contribution in [1.82, 2.24) is 10.0 Å². The van der Waals surface area contributed by atoms with Gasteiger partial charge in [0, 0.05) is 23.6 Å². The lowest BCUT2D eigenvalue weighted by Crippen LogP contribution is -2.34. The van der Waals surface area contributed by atoms with E-state index in [2.05, 4.69) is 26.0 Å². The lowest BCUT2D eigenvalue weighted by molar-refractivity contribution is 0.545. The van der Waals surface area contributed by atoms with E-state index < -0.39 is 15.8 Å². The molecule has 0 heterocycles. The Bertz CT molecular complexity index is 506. The monoisotopic (exact) mass is 338 g/mol. The number of nitrogens with one attached hydrogen (secondary N) is 2. The highest BCUT2D eigenvalue weighted by Crippen LogP contribution is 2.18. The van der Waals surface area contributed by atoms with Gasteiger partial charge in [0.2, 0.25) is 10.0 Å². The zero-order valence-electron chi connectivity index (χ0n) is 10.2. The molecule has 1 aromatic rings. The molecule has 7 heteroatoms. The van der Waals surface area contributed by atoms with Gasteiger partial charge in [-0.25, -0.2) is 17.5 Å². The third kappa shape index (κ3) is 4.64. The van der Waals surface area contributed by atoms with Crippen LogP contribution in [0.15, 0.2) is 27.6 Å². The Morgan fingerprint density at radius 3 is 2.56 bits per heavy atom. The molecule has 0 aliphatic heterocycles. The van der Waals surface area contributed by atoms with Gasteiger partial charge in [0.1, 0.15) is 10.7 Å². The molecular weight excluding hydrogens is 323 g/mol. The summed E-state index contributed by atoms with van der Waals surface area (Å²) < 4.78 is 40.0. The van der Waals surface area contributed by atoms with Crippen LogP contribution < -0.4 is 10.0 Å². The van der Waals surface area contributed by atoms with Crippen molar-refractivity contribution < 1.29 is 12.8 Å². The first kappa shape index (κ1) is 15.6. The molecule has 0 radical (unpaired) electrons. The molecule has 18 heavy (non-hydrogen) atoms. The van der Waals surface area contributed by atoms with Crippen LogP contribution in [0.3, 0.4) is 0 Å². The van der Waals surface area contributed by atoms with E-state index >= 15 is 0 Å². The van der Waals surface area contributed by atoms with Gasteiger partial charge in [0.05, 0.1) is 0 Å². The highest BCUT2D eigenvalue weighted by molar-refractivity contribution is 9.10. The summed E-state index contributed by atoms with van der Waals surface area (Å²) in [4.78, 5) is -0.338. The maximum Gasteiger partial charge on any atom is 0.243 e. The smallest absolute Gasteiger partial charge is 0.243 e. The maximum atomic E-state index is 13.5. The topological polar surface area (TPSA) is 58.2 Å². The summed E-state index contributed by atoms with van der Waals surface area (Å²) in [5.41, 5.74) is 0. The van der Waals surface area contributed by atoms with Gasteiger partial charge < -0.3 is 5.32 Å². The van der Waals surface area contributed by atoms with Crippen LogP contribution in [0.5, 0.6) is 0 Å². The molecule has 0 aromatic heterocycles. The Balaban J connectivity index is 2.69. The van der Waals surface area contributed by atoms with E-state index in [0.29, 0.717) is 11.0 Å². The van der Waals surface area contributed by atoms with Crippen LogP contribution in [0.4, 0.5) is 4.39 Å². The summed E-state index contributed by atoms with van der Waals surface area (Å²) in [5, 5.41) is 3.07. The van der Waals surface area contributed by atoms with E-state index in [0.717, 1.165) is 6.07 Å². The molecule has 1 rings (SSSR count). The van der Waals surface area contributed by atoms with Crippen molar-refractivity contribution in [3.8, 4) is 0 Å². The number of benzene rings is 1. The van der Waals surface area contributed by atoms with Crippen LogP contribution >= 0.6 is 15.9 Å². The fourth-order valence-corrected chi connectivity index (χ4v) is 2.74. The second-order valence-electron chi connectivity index (χ2n) is 4.08. The van der Waals surface area contributed by atoms with Crippen molar-refractivity contribution in [3.05, 3.63) is 28.5 Å². The average molecular weight is 339 g/mol. The van der Waals surface area contributed by atoms with Gasteiger partial charge in [-0.1, -0.05) is 29.8 Å². The molecule has 0 amide bonds. The summed E-state index contributed by atoms with van der Waals surface area (Å²) >= 11 is 3.08. The standard InChI is InChI=1S/C11H16BrFN2O2S/c1-8(2)14-5-6-15-18(16,17)11-4-3-9(12)7-10(11)13/h3-4,7-8,14-15H,5-6H2,1-2H3. The number of rotatable bonds is 6. The Hall–Kier alpha value is -0.500. The van der Waals surface area contributed by atoms with Crippen LogP contribution in [-0.2, 0) is 10.0 Å². The molecule has 2 N–H and O–H groups in total. The van der Waals surface area contributed by atoms with Crippen LogP contribution in [0.2, 0.25) is 0 Å². The van der Waals surface area contributed by atoms with Crippen LogP contribution in [0.1, 0.15) is 13.8 Å². The van der Waals surface area contributed by atoms with Crippen LogP contribution in [0, 0.1) is 5.82 Å². The molecule has 0 unspecified atom stereocenters. The van der Waals surface area contributed by atoms with Crippen LogP contribution in [-0.4, -0.2) is 27.5 Å². The summed E-state index contributed by atoms with van der Waals surface area (Å²) in [7, 11) is -3.79. The van der Waals surface area contributed by atoms with E-state index in [1.807, 2.05) is 13.8 Å². The fourth-order valence-electron chi connectivity index (χ4n) is 1.32. The van der Waals surface area contributed by atoms with Crippen molar-refractivity contribution in [2.75, 3.05) is 13.1 Å².